The van der Waals surface area contributed by atoms with Gasteiger partial charge in [-0.05, 0) is 44.7 Å². The van der Waals surface area contributed by atoms with Gasteiger partial charge in [-0.3, -0.25) is 19.2 Å². The maximum absolute atomic E-state index is 14.8. The van der Waals surface area contributed by atoms with E-state index >= 15 is 0 Å². The first-order valence-electron chi connectivity index (χ1n) is 15.8. The van der Waals surface area contributed by atoms with Crippen LogP contribution in [0.1, 0.15) is 65.5 Å². The van der Waals surface area contributed by atoms with Crippen molar-refractivity contribution in [2.75, 3.05) is 19.8 Å². The highest BCUT2D eigenvalue weighted by atomic mass is 79.9. The lowest BCUT2D eigenvalue weighted by atomic mass is 9.73. The number of ether oxygens (including phenoxy) is 2. The summed E-state index contributed by atoms with van der Waals surface area (Å²) in [6.45, 7) is 9.51. The Kier molecular flexibility index (Phi) is 9.63. The van der Waals surface area contributed by atoms with Gasteiger partial charge in [0.1, 0.15) is 24.4 Å². The minimum absolute atomic E-state index is 0.0804. The molecular formula is C34H44BrN3O7. The molecule has 45 heavy (non-hydrogen) atoms. The molecule has 1 aromatic rings. The molecule has 1 aromatic carbocycles. The normalized spacial score (nSPS) is 33.0. The van der Waals surface area contributed by atoms with E-state index in [1.807, 2.05) is 77.1 Å². The highest BCUT2D eigenvalue weighted by molar-refractivity contribution is 9.11. The number of nitrogens with zero attached hydrogens (tertiary/aromatic N) is 2. The number of esters is 1. The Bertz CT molecular complexity index is 1380. The number of aliphatic hydroxyl groups excluding tert-OH is 1. The van der Waals surface area contributed by atoms with E-state index in [2.05, 4.69) is 21.2 Å². The lowest BCUT2D eigenvalue weighted by Gasteiger charge is -2.43. The number of rotatable bonds is 5. The average molecular weight is 687 g/mol. The van der Waals surface area contributed by atoms with Gasteiger partial charge in [-0.1, -0.05) is 78.7 Å². The Morgan fingerprint density at radius 2 is 1.82 bits per heavy atom. The van der Waals surface area contributed by atoms with E-state index in [1.165, 1.54) is 4.90 Å². The second kappa shape index (κ2) is 13.0. The number of cyclic esters (lactones) is 1. The summed E-state index contributed by atoms with van der Waals surface area (Å²) >= 11 is 3.61. The molecule has 2 fully saturated rings. The molecule has 0 aliphatic carbocycles. The van der Waals surface area contributed by atoms with Gasteiger partial charge in [0.2, 0.25) is 17.7 Å². The van der Waals surface area contributed by atoms with Crippen LogP contribution in [0.3, 0.4) is 0 Å². The molecule has 0 unspecified atom stereocenters. The Morgan fingerprint density at radius 1 is 1.11 bits per heavy atom. The zero-order chi connectivity index (χ0) is 32.7. The van der Waals surface area contributed by atoms with Crippen LogP contribution in [0.15, 0.2) is 53.0 Å². The van der Waals surface area contributed by atoms with Gasteiger partial charge in [-0.25, -0.2) is 0 Å². The number of amides is 3. The number of likely N-dealkylation sites (tertiary alicyclic amines) is 1. The van der Waals surface area contributed by atoms with Crippen LogP contribution in [0.4, 0.5) is 0 Å². The summed E-state index contributed by atoms with van der Waals surface area (Å²) in [5.41, 5.74) is -1.32. The minimum Gasteiger partial charge on any atom is -0.463 e. The Morgan fingerprint density at radius 3 is 2.47 bits per heavy atom. The van der Waals surface area contributed by atoms with Crippen molar-refractivity contribution in [3.05, 3.63) is 58.6 Å². The maximum atomic E-state index is 14.8. The molecular weight excluding hydrogens is 642 g/mol. The lowest BCUT2D eigenvalue weighted by Crippen LogP contribution is -2.62. The van der Waals surface area contributed by atoms with Gasteiger partial charge in [0.05, 0.1) is 30.5 Å². The standard InChI is InChI=1S/C34H44BrN3O7/c1-6-20(2)24(18-39)38-29-32(43)37(33(3,4)5)16-12-8-11-15-25(40)44-19-23(21-13-9-7-10-14-21)36-30(41)26-27(31(38)42)34(29)17-22(35)28(26)45-34/h7-10,12-14,17,20,23-24,26-29,39H,6,11,15-16,18-19H2,1-5H3,(H,36,41)/b12-8-/t20-,23-,24-,26-,27+,28-,29-,34+/m0/s1. The smallest absolute Gasteiger partial charge is 0.306 e. The summed E-state index contributed by atoms with van der Waals surface area (Å²) in [6.07, 6.45) is 5.93. The summed E-state index contributed by atoms with van der Waals surface area (Å²) in [7, 11) is 0. The van der Waals surface area contributed by atoms with Gasteiger partial charge < -0.3 is 29.7 Å². The van der Waals surface area contributed by atoms with Gasteiger partial charge in [-0.15, -0.1) is 0 Å². The van der Waals surface area contributed by atoms with Crippen molar-refractivity contribution in [1.82, 2.24) is 15.1 Å². The molecule has 3 amide bonds. The van der Waals surface area contributed by atoms with Crippen molar-refractivity contribution in [2.45, 2.75) is 89.3 Å². The van der Waals surface area contributed by atoms with Crippen molar-refractivity contribution in [3.63, 3.8) is 0 Å². The van der Waals surface area contributed by atoms with Crippen molar-refractivity contribution in [1.29, 1.82) is 0 Å². The van der Waals surface area contributed by atoms with E-state index < -0.39 is 59.1 Å². The molecule has 0 saturated carbocycles. The summed E-state index contributed by atoms with van der Waals surface area (Å²) in [6, 6.07) is 6.79. The summed E-state index contributed by atoms with van der Waals surface area (Å²) in [5, 5.41) is 13.7. The molecule has 4 aliphatic heterocycles. The van der Waals surface area contributed by atoms with E-state index in [1.54, 1.807) is 11.0 Å². The van der Waals surface area contributed by atoms with Gasteiger partial charge in [0.25, 0.3) is 0 Å². The fraction of sp³-hybridized carbons (Fsp3) is 0.588. The van der Waals surface area contributed by atoms with E-state index in [4.69, 9.17) is 9.47 Å². The molecule has 244 valence electrons. The first-order chi connectivity index (χ1) is 21.4. The van der Waals surface area contributed by atoms with Gasteiger partial charge in [-0.2, -0.15) is 0 Å². The van der Waals surface area contributed by atoms with E-state index in [0.717, 1.165) is 5.56 Å². The topological polar surface area (TPSA) is 125 Å². The average Bonchev–Trinajstić information content (AvgIpc) is 3.59. The van der Waals surface area contributed by atoms with Crippen LogP contribution in [-0.2, 0) is 28.7 Å². The van der Waals surface area contributed by atoms with E-state index in [0.29, 0.717) is 17.3 Å². The summed E-state index contributed by atoms with van der Waals surface area (Å²) in [5.74, 6) is -3.64. The number of fused-ring (bicyclic) bond motifs is 2. The number of hydrogen-bond acceptors (Lipinski definition) is 7. The molecule has 5 rings (SSSR count). The summed E-state index contributed by atoms with van der Waals surface area (Å²) < 4.78 is 12.9. The molecule has 0 aromatic heterocycles. The van der Waals surface area contributed by atoms with Crippen molar-refractivity contribution in [3.8, 4) is 0 Å². The predicted molar refractivity (Wildman–Crippen MR) is 171 cm³/mol. The highest BCUT2D eigenvalue weighted by Crippen LogP contribution is 2.59. The van der Waals surface area contributed by atoms with Crippen LogP contribution >= 0.6 is 15.9 Å². The number of hydrogen-bond donors (Lipinski definition) is 2. The Labute approximate surface area is 273 Å². The van der Waals surface area contributed by atoms with Crippen LogP contribution in [-0.4, -0.2) is 87.7 Å². The molecule has 4 heterocycles. The fourth-order valence-electron chi connectivity index (χ4n) is 7.17. The third-order valence-electron chi connectivity index (χ3n) is 9.72. The fourth-order valence-corrected chi connectivity index (χ4v) is 7.91. The quantitative estimate of drug-likeness (QED) is 0.358. The number of carbonyl (C=O) groups is 4. The van der Waals surface area contributed by atoms with Crippen LogP contribution < -0.4 is 5.32 Å². The first-order valence-corrected chi connectivity index (χ1v) is 16.6. The van der Waals surface area contributed by atoms with Gasteiger partial charge >= 0.3 is 5.97 Å². The molecule has 2 N–H and O–H groups in total. The van der Waals surface area contributed by atoms with Crippen LogP contribution in [0, 0.1) is 17.8 Å². The predicted octanol–water partition coefficient (Wildman–Crippen LogP) is 3.64. The van der Waals surface area contributed by atoms with Crippen molar-refractivity contribution >= 4 is 39.6 Å². The third kappa shape index (κ3) is 5.99. The van der Waals surface area contributed by atoms with Crippen molar-refractivity contribution in [2.24, 2.45) is 17.8 Å². The molecule has 0 radical (unpaired) electrons. The number of benzene rings is 1. The SMILES string of the molecule is CC[C@H](C)[C@H](CO)N1C(=O)[C@H]2[C@@H]3C(=O)N[C@H](c4ccccc4)COC(=O)CC/C=C\CN(C(C)(C)C)C(=O)[C@H]1[C@@]21C=C(Br)[C@@H]3O1. The van der Waals surface area contributed by atoms with Gasteiger partial charge in [0.15, 0.2) is 0 Å². The molecule has 2 saturated heterocycles. The Hall–Kier alpha value is -3.02. The molecule has 4 aliphatic rings. The molecule has 8 atom stereocenters. The minimum atomic E-state index is -1.42. The number of nitrogens with one attached hydrogen (secondary N) is 1. The van der Waals surface area contributed by atoms with Gasteiger partial charge in [0, 0.05) is 23.0 Å². The second-order valence-corrected chi connectivity index (χ2v) is 14.4. The zero-order valence-corrected chi connectivity index (χ0v) is 28.2. The Balaban J connectivity index is 1.65. The lowest BCUT2D eigenvalue weighted by molar-refractivity contribution is -0.154. The largest absolute Gasteiger partial charge is 0.463 e. The highest BCUT2D eigenvalue weighted by Gasteiger charge is 2.75. The third-order valence-corrected chi connectivity index (χ3v) is 10.4. The van der Waals surface area contributed by atoms with Crippen LogP contribution in [0.2, 0.25) is 0 Å². The first kappa shape index (κ1) is 33.3. The monoisotopic (exact) mass is 685 g/mol. The number of carbonyl (C=O) groups excluding carboxylic acids is 4. The van der Waals surface area contributed by atoms with E-state index in [9.17, 15) is 24.3 Å². The van der Waals surface area contributed by atoms with Crippen LogP contribution in [0.5, 0.6) is 0 Å². The zero-order valence-electron chi connectivity index (χ0n) is 26.6. The number of aliphatic hydroxyl groups is 1. The molecule has 1 spiro atoms. The number of halogens is 1. The van der Waals surface area contributed by atoms with Crippen molar-refractivity contribution < 1.29 is 33.8 Å². The second-order valence-electron chi connectivity index (χ2n) is 13.5. The molecule has 5 bridgehead atoms. The summed E-state index contributed by atoms with van der Waals surface area (Å²) in [4.78, 5) is 59.7. The van der Waals surface area contributed by atoms with Crippen LogP contribution in [0.25, 0.3) is 0 Å². The maximum Gasteiger partial charge on any atom is 0.306 e. The number of allylic oxidation sites excluding steroid dienone is 1. The molecule has 10 nitrogen and oxygen atoms in total. The molecule has 11 heteroatoms. The van der Waals surface area contributed by atoms with E-state index in [-0.39, 0.29) is 43.9 Å².